The fourth-order valence-electron chi connectivity index (χ4n) is 2.35. The van der Waals surface area contributed by atoms with Crippen LogP contribution in [-0.4, -0.2) is 14.1 Å². The molecule has 0 fully saturated rings. The third kappa shape index (κ3) is 4.05. The minimum Gasteiger partial charge on any atom is -0.457 e. The van der Waals surface area contributed by atoms with Crippen molar-refractivity contribution in [3.63, 3.8) is 0 Å². The van der Waals surface area contributed by atoms with Gasteiger partial charge in [0, 0.05) is 29.4 Å². The molecule has 0 N–H and O–H groups in total. The van der Waals surface area contributed by atoms with Crippen LogP contribution in [0.25, 0.3) is 11.1 Å². The molecule has 0 radical (unpaired) electrons. The molecule has 0 amide bonds. The number of hydrogen-bond acceptors (Lipinski definition) is 2. The smallest absolute Gasteiger partial charge is 0.130 e. The van der Waals surface area contributed by atoms with Gasteiger partial charge in [0.15, 0.2) is 0 Å². The summed E-state index contributed by atoms with van der Waals surface area (Å²) in [6.07, 6.45) is 0. The average Bonchev–Trinajstić information content (AvgIpc) is 2.56. The Bertz CT molecular complexity index is 782. The van der Waals surface area contributed by atoms with Gasteiger partial charge in [0.25, 0.3) is 0 Å². The number of hydrogen-bond donors (Lipinski definition) is 0. The molecule has 0 spiro atoms. The molecular formula is C20H18INO. The maximum absolute atomic E-state index is 6.01. The number of benzene rings is 3. The van der Waals surface area contributed by atoms with Crippen LogP contribution in [0.5, 0.6) is 11.5 Å². The van der Waals surface area contributed by atoms with Gasteiger partial charge in [-0.25, -0.2) is 0 Å². The molecule has 0 saturated carbocycles. The van der Waals surface area contributed by atoms with Gasteiger partial charge in [-0.15, -0.1) is 0 Å². The summed E-state index contributed by atoms with van der Waals surface area (Å²) in [6.45, 7) is 0. The topological polar surface area (TPSA) is 12.5 Å². The SMILES string of the molecule is CN(C)c1cc(I)cc(Oc2ccc(-c3ccccc3)cc2)c1. The van der Waals surface area contributed by atoms with Gasteiger partial charge in [-0.1, -0.05) is 42.5 Å². The summed E-state index contributed by atoms with van der Waals surface area (Å²) >= 11 is 2.31. The molecule has 0 atom stereocenters. The van der Waals surface area contributed by atoms with E-state index in [1.54, 1.807) is 0 Å². The second-order valence-corrected chi connectivity index (χ2v) is 6.78. The second kappa shape index (κ2) is 7.04. The standard InChI is InChI=1S/C20H18INO/c1-22(2)18-12-17(21)13-20(14-18)23-19-10-8-16(9-11-19)15-6-4-3-5-7-15/h3-14H,1-2H3. The number of nitrogens with zero attached hydrogens (tertiary/aromatic N) is 1. The van der Waals surface area contributed by atoms with E-state index in [9.17, 15) is 0 Å². The Balaban J connectivity index is 1.81. The molecule has 0 bridgehead atoms. The lowest BCUT2D eigenvalue weighted by Crippen LogP contribution is -2.08. The van der Waals surface area contributed by atoms with Crippen molar-refractivity contribution in [3.05, 3.63) is 76.4 Å². The van der Waals surface area contributed by atoms with E-state index in [1.807, 2.05) is 44.4 Å². The first-order valence-electron chi connectivity index (χ1n) is 7.43. The van der Waals surface area contributed by atoms with E-state index in [0.717, 1.165) is 20.8 Å². The lowest BCUT2D eigenvalue weighted by atomic mass is 10.1. The highest BCUT2D eigenvalue weighted by Crippen LogP contribution is 2.29. The van der Waals surface area contributed by atoms with Crippen molar-refractivity contribution in [2.45, 2.75) is 0 Å². The Morgan fingerprint density at radius 3 is 2.04 bits per heavy atom. The molecule has 3 heteroatoms. The highest BCUT2D eigenvalue weighted by Gasteiger charge is 2.04. The summed E-state index contributed by atoms with van der Waals surface area (Å²) in [6, 6.07) is 24.8. The van der Waals surface area contributed by atoms with Gasteiger partial charge in [0.1, 0.15) is 11.5 Å². The molecule has 0 aliphatic rings. The first-order chi connectivity index (χ1) is 11.1. The molecule has 23 heavy (non-hydrogen) atoms. The van der Waals surface area contributed by atoms with Crippen LogP contribution < -0.4 is 9.64 Å². The first kappa shape index (κ1) is 15.9. The predicted octanol–water partition coefficient (Wildman–Crippen LogP) is 5.82. The fraction of sp³-hybridized carbons (Fsp3) is 0.100. The maximum Gasteiger partial charge on any atom is 0.130 e. The molecule has 0 heterocycles. The number of rotatable bonds is 4. The van der Waals surface area contributed by atoms with Gasteiger partial charge in [-0.2, -0.15) is 0 Å². The maximum atomic E-state index is 6.01. The van der Waals surface area contributed by atoms with Crippen LogP contribution in [-0.2, 0) is 0 Å². The van der Waals surface area contributed by atoms with Crippen LogP contribution in [0.4, 0.5) is 5.69 Å². The van der Waals surface area contributed by atoms with E-state index >= 15 is 0 Å². The zero-order valence-electron chi connectivity index (χ0n) is 13.2. The minimum absolute atomic E-state index is 0.844. The molecule has 0 aromatic heterocycles. The van der Waals surface area contributed by atoms with Gasteiger partial charge in [0.05, 0.1) is 0 Å². The molecule has 2 nitrogen and oxygen atoms in total. The van der Waals surface area contributed by atoms with Crippen molar-refractivity contribution < 1.29 is 4.74 Å². The lowest BCUT2D eigenvalue weighted by Gasteiger charge is -2.15. The van der Waals surface area contributed by atoms with Crippen molar-refractivity contribution in [1.29, 1.82) is 0 Å². The monoisotopic (exact) mass is 415 g/mol. The molecular weight excluding hydrogens is 397 g/mol. The van der Waals surface area contributed by atoms with Gasteiger partial charge in [-0.05, 0) is 58.0 Å². The minimum atomic E-state index is 0.844. The van der Waals surface area contributed by atoms with E-state index in [-0.39, 0.29) is 0 Å². The van der Waals surface area contributed by atoms with Gasteiger partial charge >= 0.3 is 0 Å². The molecule has 3 rings (SSSR count). The summed E-state index contributed by atoms with van der Waals surface area (Å²) in [7, 11) is 4.06. The first-order valence-corrected chi connectivity index (χ1v) is 8.51. The van der Waals surface area contributed by atoms with Crippen LogP contribution in [0.2, 0.25) is 0 Å². The Labute approximate surface area is 150 Å². The number of halogens is 1. The zero-order chi connectivity index (χ0) is 16.2. The number of ether oxygens (including phenoxy) is 1. The molecule has 3 aromatic carbocycles. The van der Waals surface area contributed by atoms with E-state index in [0.29, 0.717) is 0 Å². The zero-order valence-corrected chi connectivity index (χ0v) is 15.3. The molecule has 0 aliphatic carbocycles. The summed E-state index contributed by atoms with van der Waals surface area (Å²) in [5.41, 5.74) is 3.53. The Morgan fingerprint density at radius 2 is 1.39 bits per heavy atom. The summed E-state index contributed by atoms with van der Waals surface area (Å²) < 4.78 is 7.17. The van der Waals surface area contributed by atoms with Crippen molar-refractivity contribution in [1.82, 2.24) is 0 Å². The highest BCUT2D eigenvalue weighted by molar-refractivity contribution is 14.1. The van der Waals surface area contributed by atoms with E-state index in [2.05, 4.69) is 70.0 Å². The molecule has 0 saturated heterocycles. The van der Waals surface area contributed by atoms with Crippen LogP contribution in [0, 0.1) is 3.57 Å². The normalized spacial score (nSPS) is 10.4. The third-order valence-electron chi connectivity index (χ3n) is 3.57. The van der Waals surface area contributed by atoms with Gasteiger partial charge in [0.2, 0.25) is 0 Å². The highest BCUT2D eigenvalue weighted by atomic mass is 127. The Morgan fingerprint density at radius 1 is 0.739 bits per heavy atom. The van der Waals surface area contributed by atoms with Crippen molar-refractivity contribution in [2.24, 2.45) is 0 Å². The molecule has 3 aromatic rings. The summed E-state index contributed by atoms with van der Waals surface area (Å²) in [5, 5.41) is 0. The second-order valence-electron chi connectivity index (χ2n) is 5.53. The molecule has 0 unspecified atom stereocenters. The molecule has 0 aliphatic heterocycles. The van der Waals surface area contributed by atoms with Crippen molar-refractivity contribution in [3.8, 4) is 22.6 Å². The summed E-state index contributed by atoms with van der Waals surface area (Å²) in [5.74, 6) is 1.70. The summed E-state index contributed by atoms with van der Waals surface area (Å²) in [4.78, 5) is 2.08. The van der Waals surface area contributed by atoms with Crippen LogP contribution >= 0.6 is 22.6 Å². The van der Waals surface area contributed by atoms with Crippen LogP contribution in [0.15, 0.2) is 72.8 Å². The fourth-order valence-corrected chi connectivity index (χ4v) is 2.97. The predicted molar refractivity (Wildman–Crippen MR) is 105 cm³/mol. The Hall–Kier alpha value is -2.01. The largest absolute Gasteiger partial charge is 0.457 e. The molecule has 116 valence electrons. The van der Waals surface area contributed by atoms with Gasteiger partial charge in [-0.3, -0.25) is 0 Å². The van der Waals surface area contributed by atoms with Gasteiger partial charge < -0.3 is 9.64 Å². The lowest BCUT2D eigenvalue weighted by molar-refractivity contribution is 0.482. The number of anilines is 1. The van der Waals surface area contributed by atoms with Crippen LogP contribution in [0.3, 0.4) is 0 Å². The average molecular weight is 415 g/mol. The quantitative estimate of drug-likeness (QED) is 0.499. The van der Waals surface area contributed by atoms with Crippen molar-refractivity contribution in [2.75, 3.05) is 19.0 Å². The third-order valence-corrected chi connectivity index (χ3v) is 4.19. The van der Waals surface area contributed by atoms with E-state index in [4.69, 9.17) is 4.74 Å². The van der Waals surface area contributed by atoms with Crippen molar-refractivity contribution >= 4 is 28.3 Å². The van der Waals surface area contributed by atoms with E-state index in [1.165, 1.54) is 11.1 Å². The Kier molecular flexibility index (Phi) is 4.86. The van der Waals surface area contributed by atoms with Crippen LogP contribution in [0.1, 0.15) is 0 Å². The van der Waals surface area contributed by atoms with E-state index < -0.39 is 0 Å².